The number of aryl methyl sites for hydroxylation is 1. The summed E-state index contributed by atoms with van der Waals surface area (Å²) in [6.07, 6.45) is 4.05. The molecule has 4 rings (SSSR count). The van der Waals surface area contributed by atoms with E-state index in [0.717, 1.165) is 29.1 Å². The normalized spacial score (nSPS) is 16.1. The number of nitrogens with zero attached hydrogens (tertiary/aromatic N) is 6. The minimum Gasteiger partial charge on any atom is -0.480 e. The maximum Gasteiger partial charge on any atom is 0.429 e. The number of thioether (sulfide) groups is 2. The van der Waals surface area contributed by atoms with Crippen molar-refractivity contribution in [3.05, 3.63) is 46.3 Å². The number of thiazole rings is 1. The van der Waals surface area contributed by atoms with Gasteiger partial charge in [-0.15, -0.1) is 23.1 Å². The lowest BCUT2D eigenvalue weighted by atomic mass is 10.2. The van der Waals surface area contributed by atoms with Crippen molar-refractivity contribution < 1.29 is 53.1 Å². The number of carboxylic acid groups (broad SMARTS) is 2. The zero-order chi connectivity index (χ0) is 40.3. The van der Waals surface area contributed by atoms with Crippen molar-refractivity contribution in [1.82, 2.24) is 30.3 Å². The molecule has 27 heteroatoms. The van der Waals surface area contributed by atoms with E-state index >= 15 is 0 Å². The lowest BCUT2D eigenvalue weighted by molar-refractivity contribution is -0.671. The first-order valence-corrected chi connectivity index (χ1v) is 20.9. The molecule has 4 heterocycles. The van der Waals surface area contributed by atoms with E-state index in [1.807, 2.05) is 46.6 Å². The molecule has 12 N–H and O–H groups in total. The summed E-state index contributed by atoms with van der Waals surface area (Å²) in [4.78, 5) is 87.5. The zero-order valence-corrected chi connectivity index (χ0v) is 33.0. The van der Waals surface area contributed by atoms with Crippen molar-refractivity contribution >= 4 is 94.7 Å². The molecule has 0 bridgehead atoms. The summed E-state index contributed by atoms with van der Waals surface area (Å²) in [5.41, 5.74) is 12.2. The molecular weight excluding hydrogens is 824 g/mol. The van der Waals surface area contributed by atoms with Crippen LogP contribution in [0.2, 0.25) is 0 Å². The standard InChI is InChI=1S/C28H35N12O10PS4/c1-3-50-37-18(20-35-27(55-39-20)38-51(47,48)49)21(41)33-19(22(42)36-26(30)31-8-4-5-14(29)24(43)44)23-34-17(25(45)46)16(12-52-23)54-28-32-15(11-53-28)13-6-9-40(2)10-7-13/h6-7,9-11,14,19,23,34H,3-5,8,12,29H2,1-2H3,(H8-,30,31,33,35,36,38,39,41,42,43,44,45,46,47,48,49)/p+1. The summed E-state index contributed by atoms with van der Waals surface area (Å²) in [5.74, 6) is -5.28. The molecule has 2 amide bonds. The Bertz CT molecular complexity index is 2020. The van der Waals surface area contributed by atoms with Crippen molar-refractivity contribution in [3.8, 4) is 11.3 Å². The molecule has 3 unspecified atom stereocenters. The first kappa shape index (κ1) is 43.0. The monoisotopic (exact) mass is 859 g/mol. The van der Waals surface area contributed by atoms with Gasteiger partial charge in [-0.2, -0.15) is 9.36 Å². The largest absolute Gasteiger partial charge is 0.480 e. The van der Waals surface area contributed by atoms with Gasteiger partial charge in [0.2, 0.25) is 16.7 Å². The van der Waals surface area contributed by atoms with Gasteiger partial charge in [-0.05, 0) is 19.8 Å². The summed E-state index contributed by atoms with van der Waals surface area (Å²) >= 11 is 4.04. The van der Waals surface area contributed by atoms with Gasteiger partial charge in [0.15, 0.2) is 22.7 Å². The van der Waals surface area contributed by atoms with Gasteiger partial charge in [0.1, 0.15) is 36.8 Å². The Morgan fingerprint density at radius 3 is 2.60 bits per heavy atom. The Kier molecular flexibility index (Phi) is 15.5. The first-order chi connectivity index (χ1) is 26.0. The predicted molar refractivity (Wildman–Crippen MR) is 204 cm³/mol. The highest BCUT2D eigenvalue weighted by Gasteiger charge is 2.38. The second kappa shape index (κ2) is 19.8. The fourth-order valence-electron chi connectivity index (χ4n) is 4.33. The topological polar surface area (TPSA) is 343 Å². The molecule has 0 radical (unpaired) electrons. The van der Waals surface area contributed by atoms with Gasteiger partial charge in [-0.3, -0.25) is 29.8 Å². The molecule has 0 spiro atoms. The zero-order valence-electron chi connectivity index (χ0n) is 28.8. The molecule has 55 heavy (non-hydrogen) atoms. The molecule has 22 nitrogen and oxygen atoms in total. The van der Waals surface area contributed by atoms with Crippen molar-refractivity contribution in [2.75, 3.05) is 24.0 Å². The number of nitrogens with one attached hydrogen (secondary N) is 4. The van der Waals surface area contributed by atoms with Crippen LogP contribution in [0.15, 0.2) is 55.0 Å². The molecular formula is C28H36N12O10PS4+. The number of anilines is 1. The van der Waals surface area contributed by atoms with E-state index in [4.69, 9.17) is 21.4 Å². The number of aromatic nitrogens is 4. The predicted octanol–water partition coefficient (Wildman–Crippen LogP) is -0.410. The molecule has 3 atom stereocenters. The van der Waals surface area contributed by atoms with E-state index in [0.29, 0.717) is 26.5 Å². The van der Waals surface area contributed by atoms with Gasteiger partial charge in [0.25, 0.3) is 11.8 Å². The number of amides is 2. The smallest absolute Gasteiger partial charge is 0.429 e. The van der Waals surface area contributed by atoms with Crippen LogP contribution in [-0.2, 0) is 35.6 Å². The number of pyridine rings is 1. The Morgan fingerprint density at radius 1 is 1.22 bits per heavy atom. The highest BCUT2D eigenvalue weighted by atomic mass is 32.2. The number of hydrogen-bond donors (Lipinski definition) is 10. The maximum absolute atomic E-state index is 13.7. The van der Waals surface area contributed by atoms with Gasteiger partial charge < -0.3 is 46.9 Å². The second-order valence-corrected chi connectivity index (χ2v) is 16.5. The average molecular weight is 860 g/mol. The van der Waals surface area contributed by atoms with E-state index in [-0.39, 0.29) is 48.5 Å². The fraction of sp³-hybridized carbons (Fsp3) is 0.357. The van der Waals surface area contributed by atoms with E-state index < -0.39 is 60.5 Å². The third-order valence-electron chi connectivity index (χ3n) is 6.92. The fourth-order valence-corrected chi connectivity index (χ4v) is 8.87. The highest BCUT2D eigenvalue weighted by molar-refractivity contribution is 8.07. The first-order valence-electron chi connectivity index (χ1n) is 15.8. The van der Waals surface area contributed by atoms with Crippen LogP contribution in [0, 0.1) is 0 Å². The number of nitrogens with two attached hydrogens (primary N) is 2. The Morgan fingerprint density at radius 2 is 1.95 bits per heavy atom. The van der Waals surface area contributed by atoms with Crippen molar-refractivity contribution in [2.24, 2.45) is 28.7 Å². The SMILES string of the molecule is CCON=C(C(=O)NC(C(=O)NC(N)=NCCCC(N)C(=O)O)C1NC(C(=O)O)=C(Sc2nc(-c3cc[n+](C)cc3)cs2)CS1)c1nsc(NP(=O)(O)O)n1. The molecule has 0 aliphatic carbocycles. The van der Waals surface area contributed by atoms with Gasteiger partial charge in [0.05, 0.1) is 5.69 Å². The number of carbonyl (C=O) groups is 4. The van der Waals surface area contributed by atoms with Crippen LogP contribution in [0.1, 0.15) is 25.6 Å². The number of guanidine groups is 1. The summed E-state index contributed by atoms with van der Waals surface area (Å²) in [6.45, 7) is 1.55. The molecule has 0 saturated heterocycles. The lowest BCUT2D eigenvalue weighted by Gasteiger charge is -2.32. The highest BCUT2D eigenvalue weighted by Crippen LogP contribution is 2.39. The summed E-state index contributed by atoms with van der Waals surface area (Å²) < 4.78 is 17.8. The quantitative estimate of drug-likeness (QED) is 0.0194. The number of rotatable bonds is 18. The molecule has 1 aliphatic rings. The molecule has 296 valence electrons. The maximum atomic E-state index is 13.7. The number of hydrogen-bond acceptors (Lipinski definition) is 17. The average Bonchev–Trinajstić information content (AvgIpc) is 3.78. The van der Waals surface area contributed by atoms with Crippen LogP contribution in [0.5, 0.6) is 0 Å². The van der Waals surface area contributed by atoms with Gasteiger partial charge in [0, 0.05) is 51.8 Å². The number of aliphatic carboxylic acids is 2. The minimum absolute atomic E-state index is 0.0000147. The molecule has 1 aliphatic heterocycles. The Labute approximate surface area is 328 Å². The van der Waals surface area contributed by atoms with Crippen molar-refractivity contribution in [3.63, 3.8) is 0 Å². The van der Waals surface area contributed by atoms with Crippen LogP contribution >= 0.6 is 54.1 Å². The van der Waals surface area contributed by atoms with Crippen molar-refractivity contribution in [2.45, 2.75) is 41.6 Å². The van der Waals surface area contributed by atoms with Gasteiger partial charge in [-0.1, -0.05) is 16.9 Å². The van der Waals surface area contributed by atoms with Crippen LogP contribution < -0.4 is 37.1 Å². The van der Waals surface area contributed by atoms with Gasteiger partial charge >= 0.3 is 19.7 Å². The number of carbonyl (C=O) groups excluding carboxylic acids is 2. The van der Waals surface area contributed by atoms with Crippen LogP contribution in [0.4, 0.5) is 5.13 Å². The van der Waals surface area contributed by atoms with Crippen molar-refractivity contribution in [1.29, 1.82) is 0 Å². The molecule has 3 aromatic heterocycles. The van der Waals surface area contributed by atoms with E-state index in [9.17, 15) is 38.6 Å². The molecule has 0 fully saturated rings. The second-order valence-electron chi connectivity index (χ2n) is 11.1. The summed E-state index contributed by atoms with van der Waals surface area (Å²) in [7, 11) is -2.90. The lowest BCUT2D eigenvalue weighted by Crippen LogP contribution is -2.60. The molecule has 3 aromatic rings. The number of oxime groups is 1. The summed E-state index contributed by atoms with van der Waals surface area (Å²) in [6, 6.07) is 1.09. The number of carboxylic acids is 2. The van der Waals surface area contributed by atoms with E-state index in [2.05, 4.69) is 40.4 Å². The molecule has 0 saturated carbocycles. The number of aliphatic imine (C=N–C) groups is 1. The van der Waals surface area contributed by atoms with Crippen LogP contribution in [0.3, 0.4) is 0 Å². The van der Waals surface area contributed by atoms with Gasteiger partial charge in [-0.25, -0.2) is 18.9 Å². The summed E-state index contributed by atoms with van der Waals surface area (Å²) in [5, 5.41) is 32.8. The van der Waals surface area contributed by atoms with E-state index in [1.54, 1.807) is 6.92 Å². The Hall–Kier alpha value is -4.69. The third kappa shape index (κ3) is 13.0. The van der Waals surface area contributed by atoms with Crippen LogP contribution in [0.25, 0.3) is 11.3 Å². The third-order valence-corrected chi connectivity index (χ3v) is 11.6. The van der Waals surface area contributed by atoms with Crippen LogP contribution in [-0.4, -0.2) is 106 Å². The molecule has 0 aromatic carbocycles. The van der Waals surface area contributed by atoms with E-state index in [1.165, 1.54) is 11.3 Å². The Balaban J connectivity index is 1.60. The minimum atomic E-state index is -4.78.